The third-order valence-electron chi connectivity index (χ3n) is 2.78. The number of nitrogens with zero attached hydrogens (tertiary/aromatic N) is 1. The first kappa shape index (κ1) is 16.3. The van der Waals surface area contributed by atoms with Crippen molar-refractivity contribution in [3.63, 3.8) is 0 Å². The highest BCUT2D eigenvalue weighted by atomic mass is 35.5. The second kappa shape index (κ2) is 7.24. The number of anilines is 2. The van der Waals surface area contributed by atoms with E-state index in [2.05, 4.69) is 15.6 Å². The molecule has 22 heavy (non-hydrogen) atoms. The van der Waals surface area contributed by atoms with Crippen molar-refractivity contribution in [2.75, 3.05) is 10.6 Å². The SMILES string of the molecule is CCC(=O)Nc1cccc(NC(=O)c2cnc(Cl)c(Cl)c2)c1. The lowest BCUT2D eigenvalue weighted by atomic mass is 10.2. The fourth-order valence-electron chi connectivity index (χ4n) is 1.67. The van der Waals surface area contributed by atoms with Crippen LogP contribution in [0, 0.1) is 0 Å². The van der Waals surface area contributed by atoms with Gasteiger partial charge in [0.1, 0.15) is 5.15 Å². The quantitative estimate of drug-likeness (QED) is 0.828. The van der Waals surface area contributed by atoms with E-state index in [9.17, 15) is 9.59 Å². The third kappa shape index (κ3) is 4.19. The number of pyridine rings is 1. The van der Waals surface area contributed by atoms with Crippen molar-refractivity contribution in [1.29, 1.82) is 0 Å². The molecular formula is C15H13Cl2N3O2. The van der Waals surface area contributed by atoms with Crippen molar-refractivity contribution in [3.05, 3.63) is 52.3 Å². The first-order chi connectivity index (χ1) is 10.5. The Balaban J connectivity index is 2.12. The number of benzene rings is 1. The van der Waals surface area contributed by atoms with Crippen molar-refractivity contribution >= 4 is 46.4 Å². The number of hydrogen-bond acceptors (Lipinski definition) is 3. The molecule has 0 unspecified atom stereocenters. The fourth-order valence-corrected chi connectivity index (χ4v) is 1.94. The number of aromatic nitrogens is 1. The van der Waals surface area contributed by atoms with Gasteiger partial charge in [0.15, 0.2) is 0 Å². The molecule has 5 nitrogen and oxygen atoms in total. The van der Waals surface area contributed by atoms with Crippen molar-refractivity contribution < 1.29 is 9.59 Å². The smallest absolute Gasteiger partial charge is 0.257 e. The Morgan fingerprint density at radius 2 is 1.82 bits per heavy atom. The largest absolute Gasteiger partial charge is 0.326 e. The Kier molecular flexibility index (Phi) is 5.35. The predicted octanol–water partition coefficient (Wildman–Crippen LogP) is 3.99. The van der Waals surface area contributed by atoms with Crippen LogP contribution < -0.4 is 10.6 Å². The Morgan fingerprint density at radius 1 is 1.14 bits per heavy atom. The summed E-state index contributed by atoms with van der Waals surface area (Å²) in [6.07, 6.45) is 1.72. The van der Waals surface area contributed by atoms with E-state index in [1.54, 1.807) is 31.2 Å². The molecule has 0 aliphatic heterocycles. The lowest BCUT2D eigenvalue weighted by molar-refractivity contribution is -0.115. The van der Waals surface area contributed by atoms with Crippen LogP contribution in [0.2, 0.25) is 10.2 Å². The molecule has 0 aliphatic carbocycles. The number of rotatable bonds is 4. The molecule has 0 spiro atoms. The molecule has 0 saturated carbocycles. The highest BCUT2D eigenvalue weighted by molar-refractivity contribution is 6.41. The van der Waals surface area contributed by atoms with Crippen LogP contribution in [-0.4, -0.2) is 16.8 Å². The Hall–Kier alpha value is -2.11. The van der Waals surface area contributed by atoms with Crippen LogP contribution in [-0.2, 0) is 4.79 Å². The molecule has 114 valence electrons. The van der Waals surface area contributed by atoms with E-state index < -0.39 is 0 Å². The summed E-state index contributed by atoms with van der Waals surface area (Å²) in [5.74, 6) is -0.470. The van der Waals surface area contributed by atoms with Gasteiger partial charge < -0.3 is 10.6 Å². The summed E-state index contributed by atoms with van der Waals surface area (Å²) < 4.78 is 0. The van der Waals surface area contributed by atoms with E-state index in [4.69, 9.17) is 23.2 Å². The molecule has 0 saturated heterocycles. The minimum absolute atomic E-state index is 0.0999. The van der Waals surface area contributed by atoms with Crippen LogP contribution in [0.3, 0.4) is 0 Å². The zero-order valence-electron chi connectivity index (χ0n) is 11.7. The topological polar surface area (TPSA) is 71.1 Å². The van der Waals surface area contributed by atoms with Gasteiger partial charge in [-0.25, -0.2) is 4.98 Å². The first-order valence-corrected chi connectivity index (χ1v) is 7.27. The summed E-state index contributed by atoms with van der Waals surface area (Å²) in [6.45, 7) is 1.76. The number of nitrogens with one attached hydrogen (secondary N) is 2. The number of hydrogen-bond donors (Lipinski definition) is 2. The number of amides is 2. The van der Waals surface area contributed by atoms with Gasteiger partial charge in [-0.1, -0.05) is 36.2 Å². The molecular weight excluding hydrogens is 325 g/mol. The maximum atomic E-state index is 12.1. The fraction of sp³-hybridized carbons (Fsp3) is 0.133. The van der Waals surface area contributed by atoms with Gasteiger partial charge >= 0.3 is 0 Å². The van der Waals surface area contributed by atoms with E-state index in [1.807, 2.05) is 0 Å². The minimum Gasteiger partial charge on any atom is -0.326 e. The second-order valence-corrected chi connectivity index (χ2v) is 5.20. The van der Waals surface area contributed by atoms with Crippen LogP contribution in [0.4, 0.5) is 11.4 Å². The zero-order valence-corrected chi connectivity index (χ0v) is 13.2. The molecule has 0 aliphatic rings. The van der Waals surface area contributed by atoms with Crippen molar-refractivity contribution in [1.82, 2.24) is 4.98 Å². The molecule has 2 rings (SSSR count). The Bertz CT molecular complexity index is 720. The summed E-state index contributed by atoms with van der Waals surface area (Å²) >= 11 is 11.6. The van der Waals surface area contributed by atoms with Gasteiger partial charge in [0.05, 0.1) is 10.6 Å². The normalized spacial score (nSPS) is 10.1. The molecule has 1 heterocycles. The van der Waals surface area contributed by atoms with Gasteiger partial charge in [-0.2, -0.15) is 0 Å². The molecule has 7 heteroatoms. The summed E-state index contributed by atoms with van der Waals surface area (Å²) in [5.41, 5.74) is 1.44. The number of halogens is 2. The molecule has 0 atom stereocenters. The van der Waals surface area contributed by atoms with Gasteiger partial charge in [0, 0.05) is 24.0 Å². The summed E-state index contributed by atoms with van der Waals surface area (Å²) in [4.78, 5) is 27.3. The molecule has 1 aromatic carbocycles. The van der Waals surface area contributed by atoms with E-state index in [0.29, 0.717) is 17.8 Å². The Morgan fingerprint density at radius 3 is 2.45 bits per heavy atom. The van der Waals surface area contributed by atoms with E-state index in [0.717, 1.165) is 0 Å². The molecule has 0 fully saturated rings. The molecule has 2 N–H and O–H groups in total. The highest BCUT2D eigenvalue weighted by Crippen LogP contribution is 2.21. The van der Waals surface area contributed by atoms with Gasteiger partial charge in [-0.3, -0.25) is 9.59 Å². The predicted molar refractivity (Wildman–Crippen MR) is 87.6 cm³/mol. The minimum atomic E-state index is -0.370. The number of carbonyl (C=O) groups is 2. The van der Waals surface area contributed by atoms with Gasteiger partial charge in [-0.15, -0.1) is 0 Å². The number of carbonyl (C=O) groups excluding carboxylic acids is 2. The average Bonchev–Trinajstić information content (AvgIpc) is 2.50. The molecule has 0 radical (unpaired) electrons. The van der Waals surface area contributed by atoms with Crippen LogP contribution in [0.15, 0.2) is 36.5 Å². The van der Waals surface area contributed by atoms with Crippen LogP contribution in [0.5, 0.6) is 0 Å². The summed E-state index contributed by atoms with van der Waals surface area (Å²) in [6, 6.07) is 8.29. The monoisotopic (exact) mass is 337 g/mol. The lowest BCUT2D eigenvalue weighted by Gasteiger charge is -2.08. The Labute approximate surface area is 137 Å². The van der Waals surface area contributed by atoms with Gasteiger partial charge in [-0.05, 0) is 24.3 Å². The second-order valence-electron chi connectivity index (χ2n) is 4.43. The summed E-state index contributed by atoms with van der Waals surface area (Å²) in [5, 5.41) is 5.77. The molecule has 0 bridgehead atoms. The van der Waals surface area contributed by atoms with E-state index in [-0.39, 0.29) is 27.6 Å². The zero-order chi connectivity index (χ0) is 16.1. The molecule has 2 aromatic rings. The van der Waals surface area contributed by atoms with E-state index >= 15 is 0 Å². The maximum absolute atomic E-state index is 12.1. The van der Waals surface area contributed by atoms with Crippen LogP contribution in [0.25, 0.3) is 0 Å². The third-order valence-corrected chi connectivity index (χ3v) is 3.47. The maximum Gasteiger partial charge on any atom is 0.257 e. The van der Waals surface area contributed by atoms with E-state index in [1.165, 1.54) is 12.3 Å². The molecule has 2 amide bonds. The van der Waals surface area contributed by atoms with Crippen molar-refractivity contribution in [2.24, 2.45) is 0 Å². The van der Waals surface area contributed by atoms with Crippen molar-refractivity contribution in [3.8, 4) is 0 Å². The van der Waals surface area contributed by atoms with Crippen LogP contribution in [0.1, 0.15) is 23.7 Å². The lowest BCUT2D eigenvalue weighted by Crippen LogP contribution is -2.13. The highest BCUT2D eigenvalue weighted by Gasteiger charge is 2.10. The summed E-state index contributed by atoms with van der Waals surface area (Å²) in [7, 11) is 0. The van der Waals surface area contributed by atoms with Crippen LogP contribution >= 0.6 is 23.2 Å². The van der Waals surface area contributed by atoms with Gasteiger partial charge in [0.25, 0.3) is 5.91 Å². The average molecular weight is 338 g/mol. The molecule has 1 aromatic heterocycles. The van der Waals surface area contributed by atoms with Crippen molar-refractivity contribution in [2.45, 2.75) is 13.3 Å². The van der Waals surface area contributed by atoms with Gasteiger partial charge in [0.2, 0.25) is 5.91 Å². The first-order valence-electron chi connectivity index (χ1n) is 6.52. The standard InChI is InChI=1S/C15H13Cl2N3O2/c1-2-13(21)19-10-4-3-5-11(7-10)20-15(22)9-6-12(16)14(17)18-8-9/h3-8H,2H2,1H3,(H,19,21)(H,20,22).